The van der Waals surface area contributed by atoms with Gasteiger partial charge in [-0.15, -0.1) is 0 Å². The zero-order chi connectivity index (χ0) is 19.2. The van der Waals surface area contributed by atoms with Gasteiger partial charge in [0.1, 0.15) is 0 Å². The number of anilines is 2. The van der Waals surface area contributed by atoms with Crippen molar-refractivity contribution in [3.8, 4) is 0 Å². The summed E-state index contributed by atoms with van der Waals surface area (Å²) < 4.78 is 3.11. The topological polar surface area (TPSA) is 59.3 Å². The number of amides is 1. The van der Waals surface area contributed by atoms with Gasteiger partial charge in [-0.25, -0.2) is 4.79 Å². The van der Waals surface area contributed by atoms with Gasteiger partial charge in [-0.2, -0.15) is 0 Å². The lowest BCUT2D eigenvalue weighted by atomic mass is 10.1. The number of rotatable bonds is 3. The molecule has 3 rings (SSSR count). The third kappa shape index (κ3) is 3.06. The van der Waals surface area contributed by atoms with E-state index in [1.54, 1.807) is 41.4 Å². The highest BCUT2D eigenvalue weighted by Gasteiger charge is 2.17. The zero-order valence-corrected chi connectivity index (χ0v) is 16.3. The van der Waals surface area contributed by atoms with Crippen molar-refractivity contribution in [1.29, 1.82) is 0 Å². The molecule has 0 saturated carbocycles. The summed E-state index contributed by atoms with van der Waals surface area (Å²) in [5.74, 6) is -0.352. The van der Waals surface area contributed by atoms with Crippen LogP contribution in [0.25, 0.3) is 11.0 Å². The summed E-state index contributed by atoms with van der Waals surface area (Å²) in [7, 11) is 7.15. The molecule has 1 N–H and O–H groups in total. The van der Waals surface area contributed by atoms with E-state index in [1.807, 2.05) is 25.1 Å². The fourth-order valence-electron chi connectivity index (χ4n) is 2.87. The minimum atomic E-state index is -0.352. The number of nitrogens with one attached hydrogen (secondary N) is 1. The van der Waals surface area contributed by atoms with Gasteiger partial charge in [0.15, 0.2) is 0 Å². The number of imidazole rings is 1. The Bertz CT molecular complexity index is 1080. The van der Waals surface area contributed by atoms with Crippen LogP contribution in [0.3, 0.4) is 0 Å². The molecular formula is C18H18Cl2N4O2. The van der Waals surface area contributed by atoms with Crippen molar-refractivity contribution in [3.05, 3.63) is 56.4 Å². The molecule has 26 heavy (non-hydrogen) atoms. The second-order valence-electron chi connectivity index (χ2n) is 6.23. The fraction of sp³-hybridized carbons (Fsp3) is 0.222. The first kappa shape index (κ1) is 18.4. The first-order chi connectivity index (χ1) is 12.2. The van der Waals surface area contributed by atoms with Gasteiger partial charge in [-0.05, 0) is 30.3 Å². The second kappa shape index (κ2) is 6.70. The molecule has 0 bridgehead atoms. The van der Waals surface area contributed by atoms with Crippen LogP contribution >= 0.6 is 23.2 Å². The van der Waals surface area contributed by atoms with Crippen molar-refractivity contribution in [2.45, 2.75) is 0 Å². The highest BCUT2D eigenvalue weighted by Crippen LogP contribution is 2.31. The molecule has 0 saturated heterocycles. The van der Waals surface area contributed by atoms with Crippen molar-refractivity contribution < 1.29 is 4.79 Å². The summed E-state index contributed by atoms with van der Waals surface area (Å²) in [5, 5.41) is 3.62. The van der Waals surface area contributed by atoms with E-state index < -0.39 is 0 Å². The summed E-state index contributed by atoms with van der Waals surface area (Å²) in [6.45, 7) is 0. The summed E-state index contributed by atoms with van der Waals surface area (Å²) in [4.78, 5) is 26.8. The molecule has 0 aliphatic rings. The van der Waals surface area contributed by atoms with Gasteiger partial charge in [0.2, 0.25) is 0 Å². The molecule has 0 aliphatic heterocycles. The van der Waals surface area contributed by atoms with E-state index in [1.165, 1.54) is 6.07 Å². The van der Waals surface area contributed by atoms with E-state index in [9.17, 15) is 9.59 Å². The Kier molecular flexibility index (Phi) is 4.73. The van der Waals surface area contributed by atoms with Crippen molar-refractivity contribution in [3.63, 3.8) is 0 Å². The lowest BCUT2D eigenvalue weighted by Gasteiger charge is -2.19. The van der Waals surface area contributed by atoms with Crippen LogP contribution in [0, 0.1) is 0 Å². The lowest BCUT2D eigenvalue weighted by molar-refractivity contribution is 0.102. The average molecular weight is 393 g/mol. The largest absolute Gasteiger partial charge is 0.376 e. The van der Waals surface area contributed by atoms with Crippen LogP contribution in [0.4, 0.5) is 11.4 Å². The number of carbonyl (C=O) groups is 1. The molecule has 8 heteroatoms. The van der Waals surface area contributed by atoms with Crippen molar-refractivity contribution in [2.75, 3.05) is 24.3 Å². The zero-order valence-electron chi connectivity index (χ0n) is 14.8. The van der Waals surface area contributed by atoms with Gasteiger partial charge >= 0.3 is 5.69 Å². The maximum atomic E-state index is 12.7. The summed E-state index contributed by atoms with van der Waals surface area (Å²) in [5.41, 5.74) is 3.05. The van der Waals surface area contributed by atoms with Crippen LogP contribution in [0.1, 0.15) is 10.4 Å². The first-order valence-electron chi connectivity index (χ1n) is 7.84. The van der Waals surface area contributed by atoms with E-state index in [-0.39, 0.29) is 16.6 Å². The van der Waals surface area contributed by atoms with E-state index in [4.69, 9.17) is 23.2 Å². The molecule has 0 fully saturated rings. The average Bonchev–Trinajstić information content (AvgIpc) is 2.78. The Hall–Kier alpha value is -2.44. The van der Waals surface area contributed by atoms with Crippen molar-refractivity contribution in [2.24, 2.45) is 14.1 Å². The molecule has 1 aromatic heterocycles. The smallest absolute Gasteiger partial charge is 0.328 e. The Morgan fingerprint density at radius 1 is 1.04 bits per heavy atom. The third-order valence-electron chi connectivity index (χ3n) is 4.30. The predicted octanol–water partition coefficient (Wildman–Crippen LogP) is 3.50. The van der Waals surface area contributed by atoms with Gasteiger partial charge in [0.05, 0.1) is 33.0 Å². The Labute approximate surface area is 160 Å². The predicted molar refractivity (Wildman–Crippen MR) is 107 cm³/mol. The van der Waals surface area contributed by atoms with Crippen LogP contribution in [-0.4, -0.2) is 29.1 Å². The Balaban J connectivity index is 2.11. The van der Waals surface area contributed by atoms with E-state index in [0.717, 1.165) is 16.7 Å². The summed E-state index contributed by atoms with van der Waals surface area (Å²) >= 11 is 12.0. The lowest BCUT2D eigenvalue weighted by Crippen LogP contribution is -2.19. The van der Waals surface area contributed by atoms with Crippen LogP contribution in [0.5, 0.6) is 0 Å². The maximum absolute atomic E-state index is 12.7. The van der Waals surface area contributed by atoms with Crippen molar-refractivity contribution in [1.82, 2.24) is 9.13 Å². The molecule has 1 heterocycles. The number of carbonyl (C=O) groups excluding carboxylic acids is 1. The third-order valence-corrected chi connectivity index (χ3v) is 4.84. The standard InChI is InChI=1S/C18H18Cl2N4O2/c1-22(2)14-9-16-15(23(3)18(26)24(16)4)8-13(14)21-17(25)11-6-5-10(19)7-12(11)20/h5-9H,1-4H3,(H,21,25). The van der Waals surface area contributed by atoms with Gasteiger partial charge < -0.3 is 10.2 Å². The minimum Gasteiger partial charge on any atom is -0.376 e. The quantitative estimate of drug-likeness (QED) is 0.741. The molecule has 0 aliphatic carbocycles. The first-order valence-corrected chi connectivity index (χ1v) is 8.59. The van der Waals surface area contributed by atoms with Crippen molar-refractivity contribution >= 4 is 51.5 Å². The van der Waals surface area contributed by atoms with Crippen LogP contribution in [0.15, 0.2) is 35.1 Å². The number of aromatic nitrogens is 2. The Morgan fingerprint density at radius 3 is 2.23 bits per heavy atom. The van der Waals surface area contributed by atoms with Gasteiger partial charge in [0, 0.05) is 33.2 Å². The van der Waals surface area contributed by atoms with Gasteiger partial charge in [-0.1, -0.05) is 23.2 Å². The number of aryl methyl sites for hydroxylation is 2. The number of halogens is 2. The normalized spacial score (nSPS) is 11.0. The van der Waals surface area contributed by atoms with Crippen LogP contribution in [-0.2, 0) is 14.1 Å². The van der Waals surface area contributed by atoms with Gasteiger partial charge in [-0.3, -0.25) is 13.9 Å². The van der Waals surface area contributed by atoms with E-state index >= 15 is 0 Å². The molecular weight excluding hydrogens is 375 g/mol. The molecule has 0 atom stereocenters. The van der Waals surface area contributed by atoms with E-state index in [0.29, 0.717) is 16.3 Å². The number of nitrogens with zero attached hydrogens (tertiary/aromatic N) is 3. The van der Waals surface area contributed by atoms with E-state index in [2.05, 4.69) is 5.32 Å². The molecule has 3 aromatic rings. The summed E-state index contributed by atoms with van der Waals surface area (Å²) in [6.07, 6.45) is 0. The molecule has 0 unspecified atom stereocenters. The number of hydrogen-bond donors (Lipinski definition) is 1. The Morgan fingerprint density at radius 2 is 1.65 bits per heavy atom. The molecule has 1 amide bonds. The number of fused-ring (bicyclic) bond motifs is 1. The number of benzene rings is 2. The second-order valence-corrected chi connectivity index (χ2v) is 7.08. The monoisotopic (exact) mass is 392 g/mol. The maximum Gasteiger partial charge on any atom is 0.328 e. The highest BCUT2D eigenvalue weighted by molar-refractivity contribution is 6.37. The highest BCUT2D eigenvalue weighted by atomic mass is 35.5. The van der Waals surface area contributed by atoms with Gasteiger partial charge in [0.25, 0.3) is 5.91 Å². The summed E-state index contributed by atoms with van der Waals surface area (Å²) in [6, 6.07) is 8.37. The van der Waals surface area contributed by atoms with Crippen LogP contribution < -0.4 is 15.9 Å². The molecule has 2 aromatic carbocycles. The molecule has 0 radical (unpaired) electrons. The molecule has 136 valence electrons. The SMILES string of the molecule is CN(C)c1cc2c(cc1NC(=O)c1ccc(Cl)cc1Cl)n(C)c(=O)n2C. The number of hydrogen-bond acceptors (Lipinski definition) is 3. The molecule has 0 spiro atoms. The minimum absolute atomic E-state index is 0.131. The van der Waals surface area contributed by atoms with Crippen LogP contribution in [0.2, 0.25) is 10.0 Å². The fourth-order valence-corrected chi connectivity index (χ4v) is 3.36. The molecule has 6 nitrogen and oxygen atoms in total.